The van der Waals surface area contributed by atoms with Gasteiger partial charge < -0.3 is 4.90 Å². The number of aliphatic imine (C=N–C) groups is 1. The molecule has 0 saturated carbocycles. The first kappa shape index (κ1) is 17.4. The molecule has 0 aromatic heterocycles. The number of benzene rings is 1. The van der Waals surface area contributed by atoms with Gasteiger partial charge in [0.2, 0.25) is 0 Å². The lowest BCUT2D eigenvalue weighted by molar-refractivity contribution is -0.115. The predicted octanol–water partition coefficient (Wildman–Crippen LogP) is 2.83. The van der Waals surface area contributed by atoms with Crippen molar-refractivity contribution in [2.24, 2.45) is 4.99 Å². The molecule has 5 nitrogen and oxygen atoms in total. The molecule has 0 bridgehead atoms. The number of anilines is 1. The molecular weight excluding hydrogens is 403 g/mol. The molecule has 0 unspecified atom stereocenters. The average Bonchev–Trinajstić information content (AvgIpc) is 2.91. The Hall–Kier alpha value is -0.470. The molecule has 3 rings (SSSR count). The first-order valence-corrected chi connectivity index (χ1v) is 10.6. The van der Waals surface area contributed by atoms with E-state index in [-0.39, 0.29) is 28.7 Å². The first-order chi connectivity index (χ1) is 10.8. The summed E-state index contributed by atoms with van der Waals surface area (Å²) in [4.78, 5) is 17.3. The number of halogens is 3. The van der Waals surface area contributed by atoms with Crippen LogP contribution in [0.25, 0.3) is 0 Å². The summed E-state index contributed by atoms with van der Waals surface area (Å²) in [6.07, 6.45) is 0. The zero-order valence-electron chi connectivity index (χ0n) is 11.6. The summed E-state index contributed by atoms with van der Waals surface area (Å²) in [5.41, 5.74) is 0.467. The minimum Gasteiger partial charge on any atom is -0.313 e. The van der Waals surface area contributed by atoms with Crippen LogP contribution in [-0.2, 0) is 14.6 Å². The summed E-state index contributed by atoms with van der Waals surface area (Å²) in [6.45, 7) is 0. The Labute approximate surface area is 152 Å². The highest BCUT2D eigenvalue weighted by Crippen LogP contribution is 2.45. The van der Waals surface area contributed by atoms with Crippen LogP contribution in [0.3, 0.4) is 0 Å². The molecule has 124 valence electrons. The molecule has 23 heavy (non-hydrogen) atoms. The third kappa shape index (κ3) is 3.35. The van der Waals surface area contributed by atoms with Crippen molar-refractivity contribution in [3.63, 3.8) is 0 Å². The summed E-state index contributed by atoms with van der Waals surface area (Å²) in [6, 6.07) is 4.65. The molecule has 2 heterocycles. The van der Waals surface area contributed by atoms with Crippen molar-refractivity contribution in [3.05, 3.63) is 28.2 Å². The van der Waals surface area contributed by atoms with E-state index >= 15 is 0 Å². The molecule has 0 spiro atoms. The first-order valence-electron chi connectivity index (χ1n) is 6.60. The Balaban J connectivity index is 2.11. The number of rotatable bonds is 2. The second kappa shape index (κ2) is 6.44. The Morgan fingerprint density at radius 1 is 1.30 bits per heavy atom. The predicted molar refractivity (Wildman–Crippen MR) is 95.9 cm³/mol. The number of alkyl halides is 1. The molecule has 2 saturated heterocycles. The van der Waals surface area contributed by atoms with Crippen molar-refractivity contribution >= 4 is 73.2 Å². The quantitative estimate of drug-likeness (QED) is 0.698. The zero-order chi connectivity index (χ0) is 16.8. The fourth-order valence-electron chi connectivity index (χ4n) is 2.68. The van der Waals surface area contributed by atoms with E-state index in [4.69, 9.17) is 34.8 Å². The Morgan fingerprint density at radius 3 is 2.57 bits per heavy atom. The number of para-hydroxylation sites is 1. The standard InChI is InChI=1S/C13H11Cl3N2O3S2/c14-4-11(19)17-13-18(12-7(15)2-1-3-8(12)16)9-5-23(20,21)6-10(9)22-13/h1-3,9-10H,4-6H2/t9-,10+/m1/s1. The molecule has 0 radical (unpaired) electrons. The third-order valence-corrected chi connectivity index (χ3v) is 7.63. The van der Waals surface area contributed by atoms with Crippen LogP contribution in [0.1, 0.15) is 0 Å². The van der Waals surface area contributed by atoms with Gasteiger partial charge in [0.15, 0.2) is 15.0 Å². The van der Waals surface area contributed by atoms with Crippen LogP contribution in [0.15, 0.2) is 23.2 Å². The van der Waals surface area contributed by atoms with Gasteiger partial charge in [-0.3, -0.25) is 4.79 Å². The van der Waals surface area contributed by atoms with Crippen molar-refractivity contribution in [1.82, 2.24) is 0 Å². The van der Waals surface area contributed by atoms with Crippen LogP contribution >= 0.6 is 46.6 Å². The van der Waals surface area contributed by atoms with Gasteiger partial charge in [-0.25, -0.2) is 8.42 Å². The number of carbonyl (C=O) groups excluding carboxylic acids is 1. The largest absolute Gasteiger partial charge is 0.313 e. The minimum atomic E-state index is -3.14. The van der Waals surface area contributed by atoms with E-state index in [0.717, 1.165) is 0 Å². The molecule has 2 aliphatic heterocycles. The van der Waals surface area contributed by atoms with Crippen molar-refractivity contribution < 1.29 is 13.2 Å². The lowest BCUT2D eigenvalue weighted by Gasteiger charge is -2.26. The van der Waals surface area contributed by atoms with Gasteiger partial charge in [-0.2, -0.15) is 4.99 Å². The van der Waals surface area contributed by atoms with Crippen LogP contribution in [-0.4, -0.2) is 48.2 Å². The maximum atomic E-state index is 11.9. The lowest BCUT2D eigenvalue weighted by Crippen LogP contribution is -2.38. The van der Waals surface area contributed by atoms with E-state index in [1.165, 1.54) is 11.8 Å². The van der Waals surface area contributed by atoms with Gasteiger partial charge in [0.25, 0.3) is 5.91 Å². The van der Waals surface area contributed by atoms with E-state index in [1.54, 1.807) is 23.1 Å². The van der Waals surface area contributed by atoms with Crippen LogP contribution in [0.2, 0.25) is 10.0 Å². The SMILES string of the molecule is O=C(CCl)N=C1S[C@H]2CS(=O)(=O)C[C@H]2N1c1c(Cl)cccc1Cl. The number of hydrogen-bond acceptors (Lipinski definition) is 4. The molecular formula is C13H11Cl3N2O3S2. The molecule has 2 aliphatic rings. The van der Waals surface area contributed by atoms with Gasteiger partial charge in [0.1, 0.15) is 5.88 Å². The average molecular weight is 414 g/mol. The van der Waals surface area contributed by atoms with Gasteiger partial charge in [-0.05, 0) is 12.1 Å². The topological polar surface area (TPSA) is 66.8 Å². The highest BCUT2D eigenvalue weighted by atomic mass is 35.5. The van der Waals surface area contributed by atoms with Gasteiger partial charge in [0.05, 0.1) is 33.3 Å². The van der Waals surface area contributed by atoms with E-state index in [1.807, 2.05) is 0 Å². The number of hydrogen-bond donors (Lipinski definition) is 0. The molecule has 0 N–H and O–H groups in total. The summed E-state index contributed by atoms with van der Waals surface area (Å²) >= 11 is 19.3. The normalized spacial score (nSPS) is 27.4. The molecule has 1 aromatic rings. The zero-order valence-corrected chi connectivity index (χ0v) is 15.5. The monoisotopic (exact) mass is 412 g/mol. The van der Waals surface area contributed by atoms with E-state index < -0.39 is 15.7 Å². The molecule has 2 atom stereocenters. The van der Waals surface area contributed by atoms with Gasteiger partial charge in [-0.1, -0.05) is 41.0 Å². The minimum absolute atomic E-state index is 0.0275. The van der Waals surface area contributed by atoms with E-state index in [9.17, 15) is 13.2 Å². The van der Waals surface area contributed by atoms with Crippen molar-refractivity contribution in [1.29, 1.82) is 0 Å². The van der Waals surface area contributed by atoms with Gasteiger partial charge in [-0.15, -0.1) is 11.6 Å². The Kier molecular flexibility index (Phi) is 4.86. The highest BCUT2D eigenvalue weighted by molar-refractivity contribution is 8.16. The van der Waals surface area contributed by atoms with Gasteiger partial charge in [0, 0.05) is 5.25 Å². The third-order valence-electron chi connectivity index (χ3n) is 3.58. The van der Waals surface area contributed by atoms with Crippen molar-refractivity contribution in [3.8, 4) is 0 Å². The molecule has 2 fully saturated rings. The van der Waals surface area contributed by atoms with Gasteiger partial charge >= 0.3 is 0 Å². The highest BCUT2D eigenvalue weighted by Gasteiger charge is 2.50. The number of amides is 1. The second-order valence-electron chi connectivity index (χ2n) is 5.16. The fourth-order valence-corrected chi connectivity index (χ4v) is 7.24. The number of fused-ring (bicyclic) bond motifs is 1. The van der Waals surface area contributed by atoms with E-state index in [0.29, 0.717) is 20.9 Å². The molecule has 10 heteroatoms. The Bertz CT molecular complexity index is 777. The molecule has 1 aromatic carbocycles. The van der Waals surface area contributed by atoms with E-state index in [2.05, 4.69) is 4.99 Å². The smallest absolute Gasteiger partial charge is 0.262 e. The number of thioether (sulfide) groups is 1. The van der Waals surface area contributed by atoms with Crippen molar-refractivity contribution in [2.75, 3.05) is 22.3 Å². The maximum Gasteiger partial charge on any atom is 0.262 e. The number of nitrogens with zero attached hydrogens (tertiary/aromatic N) is 2. The van der Waals surface area contributed by atoms with Crippen LogP contribution in [0, 0.1) is 0 Å². The van der Waals surface area contributed by atoms with Crippen LogP contribution in [0.4, 0.5) is 5.69 Å². The summed E-state index contributed by atoms with van der Waals surface area (Å²) in [5, 5.41) is 0.910. The molecule has 1 amide bonds. The second-order valence-corrected chi connectivity index (χ2v) is 9.60. The molecule has 0 aliphatic carbocycles. The lowest BCUT2D eigenvalue weighted by atomic mass is 10.2. The summed E-state index contributed by atoms with van der Waals surface area (Å²) < 4.78 is 23.9. The van der Waals surface area contributed by atoms with Crippen LogP contribution in [0.5, 0.6) is 0 Å². The maximum absolute atomic E-state index is 11.9. The fraction of sp³-hybridized carbons (Fsp3) is 0.385. The number of amidine groups is 1. The Morgan fingerprint density at radius 2 is 1.96 bits per heavy atom. The summed E-state index contributed by atoms with van der Waals surface area (Å²) in [5.74, 6) is -0.734. The number of carbonyl (C=O) groups is 1. The van der Waals surface area contributed by atoms with Crippen LogP contribution < -0.4 is 4.90 Å². The number of sulfone groups is 1. The van der Waals surface area contributed by atoms with Crippen molar-refractivity contribution in [2.45, 2.75) is 11.3 Å². The summed E-state index contributed by atoms with van der Waals surface area (Å²) in [7, 11) is -3.14.